The van der Waals surface area contributed by atoms with Crippen LogP contribution >= 0.6 is 0 Å². The Hall–Kier alpha value is -2.03. The second-order valence-electron chi connectivity index (χ2n) is 4.89. The lowest BCUT2D eigenvalue weighted by Crippen LogP contribution is -2.08. The number of hydrogen-bond donors (Lipinski definition) is 2. The van der Waals surface area contributed by atoms with Crippen molar-refractivity contribution in [2.75, 3.05) is 5.32 Å². The fourth-order valence-electron chi connectivity index (χ4n) is 2.07. The topological polar surface area (TPSA) is 32.3 Å². The van der Waals surface area contributed by atoms with E-state index in [0.717, 1.165) is 16.8 Å². The van der Waals surface area contributed by atoms with Crippen molar-refractivity contribution in [3.63, 3.8) is 0 Å². The normalized spacial score (nSPS) is 12.2. The summed E-state index contributed by atoms with van der Waals surface area (Å²) in [6.07, 6.45) is 0. The molecule has 2 nitrogen and oxygen atoms in total. The number of rotatable bonds is 3. The third kappa shape index (κ3) is 3.05. The monoisotopic (exact) mass is 259 g/mol. The molecule has 0 aliphatic heterocycles. The third-order valence-electron chi connectivity index (χ3n) is 3.22. The van der Waals surface area contributed by atoms with Crippen LogP contribution in [0.1, 0.15) is 29.7 Å². The molecule has 3 heteroatoms. The minimum absolute atomic E-state index is 0.103. The quantitative estimate of drug-likeness (QED) is 0.860. The van der Waals surface area contributed by atoms with Gasteiger partial charge in [-0.1, -0.05) is 12.1 Å². The smallest absolute Gasteiger partial charge is 0.123 e. The molecule has 1 atom stereocenters. The van der Waals surface area contributed by atoms with Crippen molar-refractivity contribution < 1.29 is 9.50 Å². The van der Waals surface area contributed by atoms with E-state index in [1.54, 1.807) is 0 Å². The van der Waals surface area contributed by atoms with Gasteiger partial charge >= 0.3 is 0 Å². The molecule has 1 unspecified atom stereocenters. The summed E-state index contributed by atoms with van der Waals surface area (Å²) in [6.45, 7) is 5.94. The summed E-state index contributed by atoms with van der Waals surface area (Å²) < 4.78 is 13.3. The SMILES string of the molecule is Cc1ccc(C)c(NC(C)c2cc(F)ccc2O)c1. The zero-order chi connectivity index (χ0) is 14.0. The Balaban J connectivity index is 2.27. The highest BCUT2D eigenvalue weighted by Gasteiger charge is 2.12. The van der Waals surface area contributed by atoms with Gasteiger partial charge in [0.25, 0.3) is 0 Å². The molecule has 100 valence electrons. The molecule has 0 saturated carbocycles. The van der Waals surface area contributed by atoms with Crippen LogP contribution in [-0.4, -0.2) is 5.11 Å². The predicted octanol–water partition coefficient (Wildman–Crippen LogP) is 4.32. The Morgan fingerprint density at radius 2 is 1.84 bits per heavy atom. The first kappa shape index (κ1) is 13.4. The second-order valence-corrected chi connectivity index (χ2v) is 4.89. The van der Waals surface area contributed by atoms with E-state index in [1.807, 2.05) is 39.0 Å². The number of halogens is 1. The molecule has 0 heterocycles. The molecule has 0 saturated heterocycles. The maximum Gasteiger partial charge on any atom is 0.123 e. The second kappa shape index (κ2) is 5.31. The number of aromatic hydroxyl groups is 1. The highest BCUT2D eigenvalue weighted by Crippen LogP contribution is 2.29. The Labute approximate surface area is 112 Å². The first-order valence-corrected chi connectivity index (χ1v) is 6.29. The van der Waals surface area contributed by atoms with Gasteiger partial charge in [0, 0.05) is 11.3 Å². The van der Waals surface area contributed by atoms with Gasteiger partial charge in [-0.2, -0.15) is 0 Å². The van der Waals surface area contributed by atoms with Gasteiger partial charge in [-0.3, -0.25) is 0 Å². The van der Waals surface area contributed by atoms with Gasteiger partial charge in [0.15, 0.2) is 0 Å². The lowest BCUT2D eigenvalue weighted by atomic mass is 10.0. The van der Waals surface area contributed by atoms with Crippen LogP contribution in [0.3, 0.4) is 0 Å². The average Bonchev–Trinajstić information content (AvgIpc) is 2.36. The van der Waals surface area contributed by atoms with Crippen LogP contribution < -0.4 is 5.32 Å². The molecule has 0 radical (unpaired) electrons. The Morgan fingerprint density at radius 3 is 2.58 bits per heavy atom. The van der Waals surface area contributed by atoms with E-state index in [-0.39, 0.29) is 17.6 Å². The van der Waals surface area contributed by atoms with E-state index in [4.69, 9.17) is 0 Å². The molecule has 0 aliphatic carbocycles. The maximum atomic E-state index is 13.3. The van der Waals surface area contributed by atoms with Crippen LogP contribution in [0, 0.1) is 19.7 Å². The summed E-state index contributed by atoms with van der Waals surface area (Å²) in [5.74, 6) is -0.242. The lowest BCUT2D eigenvalue weighted by molar-refractivity contribution is 0.462. The van der Waals surface area contributed by atoms with Gasteiger partial charge in [-0.05, 0) is 56.2 Å². The molecule has 2 rings (SSSR count). The van der Waals surface area contributed by atoms with Gasteiger partial charge in [-0.25, -0.2) is 4.39 Å². The molecule has 19 heavy (non-hydrogen) atoms. The van der Waals surface area contributed by atoms with E-state index in [0.29, 0.717) is 5.56 Å². The average molecular weight is 259 g/mol. The molecule has 0 aromatic heterocycles. The predicted molar refractivity (Wildman–Crippen MR) is 76.0 cm³/mol. The molecule has 2 aromatic carbocycles. The van der Waals surface area contributed by atoms with Gasteiger partial charge in [0.2, 0.25) is 0 Å². The largest absolute Gasteiger partial charge is 0.508 e. The number of anilines is 1. The number of hydrogen-bond acceptors (Lipinski definition) is 2. The van der Waals surface area contributed by atoms with E-state index < -0.39 is 0 Å². The minimum atomic E-state index is -0.345. The molecule has 2 aromatic rings. The number of phenols is 1. The number of nitrogens with one attached hydrogen (secondary N) is 1. The maximum absolute atomic E-state index is 13.3. The van der Waals surface area contributed by atoms with Gasteiger partial charge in [0.1, 0.15) is 11.6 Å². The Morgan fingerprint density at radius 1 is 1.11 bits per heavy atom. The van der Waals surface area contributed by atoms with E-state index in [9.17, 15) is 9.50 Å². The lowest BCUT2D eigenvalue weighted by Gasteiger charge is -2.19. The molecular weight excluding hydrogens is 241 g/mol. The van der Waals surface area contributed by atoms with Gasteiger partial charge in [0.05, 0.1) is 6.04 Å². The molecular formula is C16H18FNO. The van der Waals surface area contributed by atoms with E-state index in [2.05, 4.69) is 5.32 Å². The highest BCUT2D eigenvalue weighted by atomic mass is 19.1. The fraction of sp³-hybridized carbons (Fsp3) is 0.250. The number of phenolic OH excluding ortho intramolecular Hbond substituents is 1. The molecule has 0 aliphatic rings. The summed E-state index contributed by atoms with van der Waals surface area (Å²) in [6, 6.07) is 9.95. The Bertz CT molecular complexity index is 595. The van der Waals surface area contributed by atoms with Crippen molar-refractivity contribution >= 4 is 5.69 Å². The van der Waals surface area contributed by atoms with Gasteiger partial charge in [-0.15, -0.1) is 0 Å². The molecule has 0 fully saturated rings. The van der Waals surface area contributed by atoms with Crippen LogP contribution in [0.15, 0.2) is 36.4 Å². The summed E-state index contributed by atoms with van der Waals surface area (Å²) in [4.78, 5) is 0. The zero-order valence-electron chi connectivity index (χ0n) is 11.4. The number of aryl methyl sites for hydroxylation is 2. The van der Waals surface area contributed by atoms with Crippen LogP contribution in [0.5, 0.6) is 5.75 Å². The van der Waals surface area contributed by atoms with Crippen LogP contribution in [-0.2, 0) is 0 Å². The van der Waals surface area contributed by atoms with Crippen molar-refractivity contribution in [3.05, 3.63) is 58.9 Å². The third-order valence-corrected chi connectivity index (χ3v) is 3.22. The summed E-state index contributed by atoms with van der Waals surface area (Å²) in [5.41, 5.74) is 3.83. The van der Waals surface area contributed by atoms with Crippen molar-refractivity contribution in [2.45, 2.75) is 26.8 Å². The van der Waals surface area contributed by atoms with Crippen molar-refractivity contribution in [1.82, 2.24) is 0 Å². The molecule has 2 N–H and O–H groups in total. The standard InChI is InChI=1S/C16H18FNO/c1-10-4-5-11(2)15(8-10)18-12(3)14-9-13(17)6-7-16(14)19/h4-9,12,18-19H,1-3H3. The van der Waals surface area contributed by atoms with Crippen molar-refractivity contribution in [3.8, 4) is 5.75 Å². The first-order valence-electron chi connectivity index (χ1n) is 6.29. The Kier molecular flexibility index (Phi) is 3.74. The minimum Gasteiger partial charge on any atom is -0.508 e. The molecule has 0 spiro atoms. The van der Waals surface area contributed by atoms with Gasteiger partial charge < -0.3 is 10.4 Å². The van der Waals surface area contributed by atoms with E-state index in [1.165, 1.54) is 18.2 Å². The van der Waals surface area contributed by atoms with Crippen LogP contribution in [0.4, 0.5) is 10.1 Å². The summed E-state index contributed by atoms with van der Waals surface area (Å²) >= 11 is 0. The zero-order valence-corrected chi connectivity index (χ0v) is 11.4. The molecule has 0 bridgehead atoms. The van der Waals surface area contributed by atoms with Crippen LogP contribution in [0.2, 0.25) is 0 Å². The highest BCUT2D eigenvalue weighted by molar-refractivity contribution is 5.54. The van der Waals surface area contributed by atoms with Crippen LogP contribution in [0.25, 0.3) is 0 Å². The fourth-order valence-corrected chi connectivity index (χ4v) is 2.07. The summed E-state index contributed by atoms with van der Waals surface area (Å²) in [5, 5.41) is 13.1. The van der Waals surface area contributed by atoms with Crippen molar-refractivity contribution in [1.29, 1.82) is 0 Å². The summed E-state index contributed by atoms with van der Waals surface area (Å²) in [7, 11) is 0. The van der Waals surface area contributed by atoms with E-state index >= 15 is 0 Å². The van der Waals surface area contributed by atoms with Crippen molar-refractivity contribution in [2.24, 2.45) is 0 Å². The first-order chi connectivity index (χ1) is 8.97. The molecule has 0 amide bonds. The number of benzene rings is 2.